The summed E-state index contributed by atoms with van der Waals surface area (Å²) in [5.74, 6) is -0.514. The van der Waals surface area contributed by atoms with Crippen LogP contribution in [-0.4, -0.2) is 37.5 Å². The summed E-state index contributed by atoms with van der Waals surface area (Å²) >= 11 is 0. The first kappa shape index (κ1) is 17.2. The molecule has 0 fully saturated rings. The molecule has 1 unspecified atom stereocenters. The van der Waals surface area contributed by atoms with E-state index in [1.807, 2.05) is 0 Å². The third-order valence-electron chi connectivity index (χ3n) is 2.26. The van der Waals surface area contributed by atoms with Gasteiger partial charge in [-0.05, 0) is 26.7 Å². The Kier molecular flexibility index (Phi) is 7.23. The van der Waals surface area contributed by atoms with Gasteiger partial charge in [-0.25, -0.2) is 0 Å². The van der Waals surface area contributed by atoms with Crippen LogP contribution in [0, 0.1) is 0 Å². The quantitative estimate of drug-likeness (QED) is 0.542. The van der Waals surface area contributed by atoms with Crippen LogP contribution in [0.1, 0.15) is 33.1 Å². The van der Waals surface area contributed by atoms with Crippen molar-refractivity contribution in [3.8, 4) is 0 Å². The molecule has 0 aromatic heterocycles. The fourth-order valence-electron chi connectivity index (χ4n) is 1.23. The molecule has 1 atom stereocenters. The second kappa shape index (κ2) is 7.58. The van der Waals surface area contributed by atoms with Gasteiger partial charge in [-0.3, -0.25) is 4.79 Å². The van der Waals surface area contributed by atoms with Gasteiger partial charge in [-0.2, -0.15) is 13.2 Å². The molecule has 0 radical (unpaired) electrons. The first-order valence-electron chi connectivity index (χ1n) is 5.79. The number of halogens is 3. The number of hydrogen-bond acceptors (Lipinski definition) is 4. The van der Waals surface area contributed by atoms with E-state index in [4.69, 9.17) is 15.2 Å². The molecule has 0 aliphatic carbocycles. The molecule has 0 aromatic rings. The van der Waals surface area contributed by atoms with Crippen LogP contribution in [0.2, 0.25) is 0 Å². The highest BCUT2D eigenvalue weighted by Crippen LogP contribution is 2.19. The van der Waals surface area contributed by atoms with Gasteiger partial charge in [0.05, 0.1) is 19.6 Å². The predicted molar refractivity (Wildman–Crippen MR) is 60.0 cm³/mol. The minimum atomic E-state index is -4.20. The number of carbonyl (C=O) groups excluding carboxylic acids is 1. The number of ether oxygens (including phenoxy) is 2. The number of rotatable bonds is 8. The Labute approximate surface area is 105 Å². The van der Waals surface area contributed by atoms with E-state index in [0.29, 0.717) is 12.8 Å². The van der Waals surface area contributed by atoms with Crippen molar-refractivity contribution >= 4 is 5.97 Å². The third kappa shape index (κ3) is 8.30. The van der Waals surface area contributed by atoms with Crippen LogP contribution in [0.15, 0.2) is 0 Å². The van der Waals surface area contributed by atoms with Crippen molar-refractivity contribution in [1.82, 2.24) is 0 Å². The first-order chi connectivity index (χ1) is 8.19. The summed E-state index contributed by atoms with van der Waals surface area (Å²) in [6.07, 6.45) is -4.46. The predicted octanol–water partition coefficient (Wildman–Crippen LogP) is 2.02. The lowest BCUT2D eigenvalue weighted by atomic mass is 9.98. The van der Waals surface area contributed by atoms with E-state index in [1.165, 1.54) is 6.92 Å². The number of esters is 1. The number of alkyl halides is 3. The topological polar surface area (TPSA) is 61.5 Å². The average Bonchev–Trinajstić information content (AvgIpc) is 2.22. The Bertz CT molecular complexity index is 254. The van der Waals surface area contributed by atoms with Crippen molar-refractivity contribution in [1.29, 1.82) is 0 Å². The molecule has 4 nitrogen and oxygen atoms in total. The normalized spacial score (nSPS) is 15.2. The summed E-state index contributed by atoms with van der Waals surface area (Å²) in [5.41, 5.74) is 4.60. The van der Waals surface area contributed by atoms with Crippen LogP contribution < -0.4 is 5.73 Å². The fraction of sp³-hybridized carbons (Fsp3) is 0.909. The zero-order valence-corrected chi connectivity index (χ0v) is 10.7. The molecule has 0 spiro atoms. The van der Waals surface area contributed by atoms with E-state index in [1.54, 1.807) is 6.92 Å². The lowest BCUT2D eigenvalue weighted by molar-refractivity contribution is -0.149. The molecule has 2 N–H and O–H groups in total. The van der Waals surface area contributed by atoms with Gasteiger partial charge < -0.3 is 15.2 Å². The minimum Gasteiger partial charge on any atom is -0.465 e. The molecule has 0 saturated heterocycles. The Morgan fingerprint density at radius 1 is 1.22 bits per heavy atom. The molecule has 0 saturated carbocycles. The molecular weight excluding hydrogens is 251 g/mol. The highest BCUT2D eigenvalue weighted by atomic mass is 19.4. The van der Waals surface area contributed by atoms with Gasteiger partial charge in [-0.15, -0.1) is 0 Å². The lowest BCUT2D eigenvalue weighted by Gasteiger charge is -2.21. The maximum Gasteiger partial charge on any atom is 0.391 e. The monoisotopic (exact) mass is 271 g/mol. The molecular formula is C11H20F3NO3. The van der Waals surface area contributed by atoms with Gasteiger partial charge in [0, 0.05) is 6.61 Å². The maximum atomic E-state index is 11.8. The average molecular weight is 271 g/mol. The van der Waals surface area contributed by atoms with Gasteiger partial charge >= 0.3 is 12.1 Å². The zero-order chi connectivity index (χ0) is 14.2. The molecule has 0 rings (SSSR count). The Balaban J connectivity index is 3.68. The number of hydrogen-bond donors (Lipinski definition) is 1. The van der Waals surface area contributed by atoms with E-state index in [-0.39, 0.29) is 19.8 Å². The summed E-state index contributed by atoms with van der Waals surface area (Å²) in [7, 11) is 0. The summed E-state index contributed by atoms with van der Waals surface area (Å²) in [6.45, 7) is 3.22. The molecule has 0 aliphatic rings. The van der Waals surface area contributed by atoms with Crippen LogP contribution in [0.3, 0.4) is 0 Å². The second-order valence-corrected chi connectivity index (χ2v) is 4.22. The van der Waals surface area contributed by atoms with Crippen LogP contribution >= 0.6 is 0 Å². The summed E-state index contributed by atoms with van der Waals surface area (Å²) in [5, 5.41) is 0. The standard InChI is InChI=1S/C11H20F3NO3/c1-3-18-9(16)10(2,15)5-4-7-17-8-6-11(12,13)14/h3-8,15H2,1-2H3. The van der Waals surface area contributed by atoms with Crippen molar-refractivity contribution < 1.29 is 27.4 Å². The summed E-state index contributed by atoms with van der Waals surface area (Å²) < 4.78 is 44.9. The van der Waals surface area contributed by atoms with Crippen molar-refractivity contribution in [3.05, 3.63) is 0 Å². The lowest BCUT2D eigenvalue weighted by Crippen LogP contribution is -2.46. The largest absolute Gasteiger partial charge is 0.465 e. The van der Waals surface area contributed by atoms with Crippen LogP contribution in [0.4, 0.5) is 13.2 Å². The van der Waals surface area contributed by atoms with Crippen molar-refractivity contribution in [2.45, 2.75) is 44.8 Å². The maximum absolute atomic E-state index is 11.8. The minimum absolute atomic E-state index is 0.141. The first-order valence-corrected chi connectivity index (χ1v) is 5.79. The molecule has 0 aliphatic heterocycles. The van der Waals surface area contributed by atoms with Gasteiger partial charge in [0.2, 0.25) is 0 Å². The van der Waals surface area contributed by atoms with Crippen molar-refractivity contribution in [2.24, 2.45) is 5.73 Å². The molecule has 0 heterocycles. The van der Waals surface area contributed by atoms with E-state index in [9.17, 15) is 18.0 Å². The zero-order valence-electron chi connectivity index (χ0n) is 10.7. The number of nitrogens with two attached hydrogens (primary N) is 1. The Hall–Kier alpha value is -0.820. The van der Waals surface area contributed by atoms with Crippen molar-refractivity contribution in [2.75, 3.05) is 19.8 Å². The van der Waals surface area contributed by atoms with E-state index in [0.717, 1.165) is 0 Å². The van der Waals surface area contributed by atoms with E-state index < -0.39 is 24.1 Å². The molecule has 0 amide bonds. The van der Waals surface area contributed by atoms with E-state index >= 15 is 0 Å². The summed E-state index contributed by atoms with van der Waals surface area (Å²) in [4.78, 5) is 11.4. The Morgan fingerprint density at radius 2 is 1.83 bits per heavy atom. The third-order valence-corrected chi connectivity index (χ3v) is 2.26. The molecule has 0 aromatic carbocycles. The van der Waals surface area contributed by atoms with Gasteiger partial charge in [0.25, 0.3) is 0 Å². The SMILES string of the molecule is CCOC(=O)C(C)(N)CCCOCCC(F)(F)F. The number of carbonyl (C=O) groups is 1. The van der Waals surface area contributed by atoms with Crippen LogP contribution in [-0.2, 0) is 14.3 Å². The van der Waals surface area contributed by atoms with Crippen LogP contribution in [0.25, 0.3) is 0 Å². The highest BCUT2D eigenvalue weighted by molar-refractivity contribution is 5.79. The molecule has 108 valence electrons. The fourth-order valence-corrected chi connectivity index (χ4v) is 1.23. The smallest absolute Gasteiger partial charge is 0.391 e. The van der Waals surface area contributed by atoms with Gasteiger partial charge in [0.15, 0.2) is 0 Å². The van der Waals surface area contributed by atoms with E-state index in [2.05, 4.69) is 0 Å². The van der Waals surface area contributed by atoms with Gasteiger partial charge in [0.1, 0.15) is 5.54 Å². The second-order valence-electron chi connectivity index (χ2n) is 4.22. The van der Waals surface area contributed by atoms with Crippen molar-refractivity contribution in [3.63, 3.8) is 0 Å². The highest BCUT2D eigenvalue weighted by Gasteiger charge is 2.29. The molecule has 18 heavy (non-hydrogen) atoms. The van der Waals surface area contributed by atoms with Gasteiger partial charge in [-0.1, -0.05) is 0 Å². The molecule has 7 heteroatoms. The summed E-state index contributed by atoms with van der Waals surface area (Å²) in [6, 6.07) is 0. The molecule has 0 bridgehead atoms. The Morgan fingerprint density at radius 3 is 2.33 bits per heavy atom. The van der Waals surface area contributed by atoms with Crippen LogP contribution in [0.5, 0.6) is 0 Å².